The minimum absolute atomic E-state index is 0.282. The number of ether oxygens (including phenoxy) is 1. The molecule has 1 aliphatic rings. The van der Waals surface area contributed by atoms with Crippen LogP contribution in [0.25, 0.3) is 22.3 Å². The van der Waals surface area contributed by atoms with Crippen LogP contribution in [-0.2, 0) is 0 Å². The third kappa shape index (κ3) is 4.28. The number of fused-ring (bicyclic) bond motifs is 1. The van der Waals surface area contributed by atoms with E-state index < -0.39 is 6.36 Å². The first-order valence-corrected chi connectivity index (χ1v) is 10.1. The number of anilines is 1. The number of rotatable bonds is 3. The Bertz CT molecular complexity index is 992. The van der Waals surface area contributed by atoms with Gasteiger partial charge in [0.2, 0.25) is 0 Å². The van der Waals surface area contributed by atoms with Gasteiger partial charge in [0.1, 0.15) is 11.6 Å². The van der Waals surface area contributed by atoms with E-state index in [0.717, 1.165) is 30.2 Å². The minimum atomic E-state index is -4.75. The quantitative estimate of drug-likeness (QED) is 0.561. The van der Waals surface area contributed by atoms with Gasteiger partial charge < -0.3 is 9.64 Å². The van der Waals surface area contributed by atoms with Gasteiger partial charge in [-0.25, -0.2) is 9.97 Å². The van der Waals surface area contributed by atoms with Gasteiger partial charge in [-0.3, -0.25) is 0 Å². The molecule has 2 heterocycles. The Kier molecular flexibility index (Phi) is 5.25. The molecule has 3 aromatic rings. The molecule has 0 radical (unpaired) electrons. The van der Waals surface area contributed by atoms with Crippen LogP contribution in [0.1, 0.15) is 0 Å². The number of halogens is 4. The van der Waals surface area contributed by atoms with Crippen molar-refractivity contribution < 1.29 is 17.9 Å². The van der Waals surface area contributed by atoms with Gasteiger partial charge in [0, 0.05) is 40.6 Å². The van der Waals surface area contributed by atoms with Crippen molar-refractivity contribution in [1.29, 1.82) is 0 Å². The number of benzene rings is 2. The van der Waals surface area contributed by atoms with Gasteiger partial charge in [0.15, 0.2) is 5.82 Å². The Morgan fingerprint density at radius 2 is 1.71 bits per heavy atom. The molecule has 1 fully saturated rings. The zero-order chi connectivity index (χ0) is 19.7. The Morgan fingerprint density at radius 1 is 1.00 bits per heavy atom. The van der Waals surface area contributed by atoms with E-state index in [4.69, 9.17) is 11.6 Å². The highest BCUT2D eigenvalue weighted by molar-refractivity contribution is 7.99. The highest BCUT2D eigenvalue weighted by atomic mass is 35.5. The summed E-state index contributed by atoms with van der Waals surface area (Å²) >= 11 is 7.80. The second-order valence-electron chi connectivity index (χ2n) is 6.20. The fraction of sp³-hybridized carbons (Fsp3) is 0.263. The fourth-order valence-electron chi connectivity index (χ4n) is 3.03. The molecule has 0 unspecified atom stereocenters. The van der Waals surface area contributed by atoms with Crippen LogP contribution in [0.2, 0.25) is 5.02 Å². The SMILES string of the molecule is FC(F)(F)Oc1ccc2nc(-c3ccc(Cl)cc3)nc(N3CCSCC3)c2c1. The molecule has 9 heteroatoms. The molecule has 0 atom stereocenters. The molecule has 4 nitrogen and oxygen atoms in total. The molecule has 0 N–H and O–H groups in total. The van der Waals surface area contributed by atoms with Crippen molar-refractivity contribution >= 4 is 40.1 Å². The summed E-state index contributed by atoms with van der Waals surface area (Å²) in [5, 5.41) is 1.14. The Hall–Kier alpha value is -2.19. The number of aromatic nitrogens is 2. The normalized spacial score (nSPS) is 15.1. The molecular formula is C19H15ClF3N3OS. The number of nitrogens with zero attached hydrogens (tertiary/aromatic N) is 3. The van der Waals surface area contributed by atoms with Crippen molar-refractivity contribution in [2.24, 2.45) is 0 Å². The summed E-state index contributed by atoms with van der Waals surface area (Å²) in [5.74, 6) is 2.70. The van der Waals surface area contributed by atoms with E-state index in [1.54, 1.807) is 12.1 Å². The maximum atomic E-state index is 12.6. The largest absolute Gasteiger partial charge is 0.573 e. The van der Waals surface area contributed by atoms with Gasteiger partial charge in [-0.2, -0.15) is 11.8 Å². The molecular weight excluding hydrogens is 411 g/mol. The van der Waals surface area contributed by atoms with Gasteiger partial charge >= 0.3 is 6.36 Å². The van der Waals surface area contributed by atoms with Crippen molar-refractivity contribution in [2.75, 3.05) is 29.5 Å². The van der Waals surface area contributed by atoms with Gasteiger partial charge in [-0.05, 0) is 42.5 Å². The summed E-state index contributed by atoms with van der Waals surface area (Å²) in [6.07, 6.45) is -4.75. The lowest BCUT2D eigenvalue weighted by Crippen LogP contribution is -2.33. The Morgan fingerprint density at radius 3 is 2.39 bits per heavy atom. The lowest BCUT2D eigenvalue weighted by atomic mass is 10.1. The smallest absolute Gasteiger partial charge is 0.406 e. The summed E-state index contributed by atoms with van der Waals surface area (Å²) in [7, 11) is 0. The number of thioether (sulfide) groups is 1. The summed E-state index contributed by atoms with van der Waals surface area (Å²) in [4.78, 5) is 11.3. The van der Waals surface area contributed by atoms with Crippen LogP contribution in [0.15, 0.2) is 42.5 Å². The van der Waals surface area contributed by atoms with Gasteiger partial charge in [-0.1, -0.05) is 11.6 Å². The number of alkyl halides is 3. The highest BCUT2D eigenvalue weighted by Crippen LogP contribution is 2.33. The zero-order valence-corrected chi connectivity index (χ0v) is 16.1. The van der Waals surface area contributed by atoms with Crippen LogP contribution < -0.4 is 9.64 Å². The van der Waals surface area contributed by atoms with E-state index in [-0.39, 0.29) is 5.75 Å². The van der Waals surface area contributed by atoms with Crippen molar-refractivity contribution in [3.8, 4) is 17.1 Å². The van der Waals surface area contributed by atoms with Gasteiger partial charge in [0.25, 0.3) is 0 Å². The van der Waals surface area contributed by atoms with Crippen molar-refractivity contribution in [2.45, 2.75) is 6.36 Å². The maximum absolute atomic E-state index is 12.6. The van der Waals surface area contributed by atoms with Crippen LogP contribution in [0.3, 0.4) is 0 Å². The molecule has 0 bridgehead atoms. The van der Waals surface area contributed by atoms with Crippen LogP contribution in [0.5, 0.6) is 5.75 Å². The number of hydrogen-bond acceptors (Lipinski definition) is 5. The van der Waals surface area contributed by atoms with Crippen LogP contribution in [0, 0.1) is 0 Å². The van der Waals surface area contributed by atoms with E-state index in [2.05, 4.69) is 19.6 Å². The summed E-state index contributed by atoms with van der Waals surface area (Å²) in [6.45, 7) is 1.53. The molecule has 1 saturated heterocycles. The van der Waals surface area contributed by atoms with Crippen LogP contribution in [0.4, 0.5) is 19.0 Å². The lowest BCUT2D eigenvalue weighted by molar-refractivity contribution is -0.274. The molecule has 0 amide bonds. The van der Waals surface area contributed by atoms with Crippen molar-refractivity contribution in [1.82, 2.24) is 9.97 Å². The minimum Gasteiger partial charge on any atom is -0.406 e. The highest BCUT2D eigenvalue weighted by Gasteiger charge is 2.31. The first-order valence-electron chi connectivity index (χ1n) is 8.55. The first kappa shape index (κ1) is 19.1. The molecule has 146 valence electrons. The third-order valence-corrected chi connectivity index (χ3v) is 5.49. The van der Waals surface area contributed by atoms with E-state index in [0.29, 0.717) is 27.6 Å². The van der Waals surface area contributed by atoms with Gasteiger partial charge in [0.05, 0.1) is 5.52 Å². The standard InChI is InChI=1S/C19H15ClF3N3OS/c20-13-3-1-12(2-4-13)17-24-16-6-5-14(27-19(21,22)23)11-15(16)18(25-17)26-7-9-28-10-8-26/h1-6,11H,7-10H2. The molecule has 1 aliphatic heterocycles. The van der Waals surface area contributed by atoms with Crippen molar-refractivity contribution in [3.05, 3.63) is 47.5 Å². The molecule has 2 aromatic carbocycles. The van der Waals surface area contributed by atoms with E-state index in [1.165, 1.54) is 18.2 Å². The second kappa shape index (κ2) is 7.67. The second-order valence-corrected chi connectivity index (χ2v) is 7.87. The van der Waals surface area contributed by atoms with Crippen molar-refractivity contribution in [3.63, 3.8) is 0 Å². The maximum Gasteiger partial charge on any atom is 0.573 e. The lowest BCUT2D eigenvalue weighted by Gasteiger charge is -2.28. The van der Waals surface area contributed by atoms with Gasteiger partial charge in [-0.15, -0.1) is 13.2 Å². The topological polar surface area (TPSA) is 38.3 Å². The van der Waals surface area contributed by atoms with E-state index in [9.17, 15) is 13.2 Å². The Balaban J connectivity index is 1.85. The molecule has 1 aromatic heterocycles. The Labute approximate surface area is 168 Å². The average molecular weight is 426 g/mol. The third-order valence-electron chi connectivity index (χ3n) is 4.29. The molecule has 0 saturated carbocycles. The fourth-order valence-corrected chi connectivity index (χ4v) is 4.06. The average Bonchev–Trinajstić information content (AvgIpc) is 2.67. The molecule has 0 aliphatic carbocycles. The summed E-state index contributed by atoms with van der Waals surface area (Å²) in [6, 6.07) is 11.3. The number of hydrogen-bond donors (Lipinski definition) is 0. The first-order chi connectivity index (χ1) is 13.4. The van der Waals surface area contributed by atoms with Crippen LogP contribution >= 0.6 is 23.4 Å². The summed E-state index contributed by atoms with van der Waals surface area (Å²) in [5.41, 5.74) is 1.34. The monoisotopic (exact) mass is 425 g/mol. The van der Waals surface area contributed by atoms with E-state index >= 15 is 0 Å². The predicted molar refractivity (Wildman–Crippen MR) is 106 cm³/mol. The zero-order valence-electron chi connectivity index (χ0n) is 14.5. The summed E-state index contributed by atoms with van der Waals surface area (Å²) < 4.78 is 42.0. The van der Waals surface area contributed by atoms with E-state index in [1.807, 2.05) is 23.9 Å². The molecule has 28 heavy (non-hydrogen) atoms. The molecule has 0 spiro atoms. The van der Waals surface area contributed by atoms with Crippen LogP contribution in [-0.4, -0.2) is 40.9 Å². The molecule has 4 rings (SSSR count). The predicted octanol–water partition coefficient (Wildman–Crippen LogP) is 5.40.